The van der Waals surface area contributed by atoms with Crippen molar-refractivity contribution >= 4 is 0 Å². The summed E-state index contributed by atoms with van der Waals surface area (Å²) in [6.07, 6.45) is 0.943. The number of aliphatic hydroxyl groups excluding tert-OH is 1. The van der Waals surface area contributed by atoms with Crippen LogP contribution in [0.5, 0.6) is 0 Å². The van der Waals surface area contributed by atoms with Gasteiger partial charge in [-0.2, -0.15) is 0 Å². The molecule has 0 aromatic heterocycles. The molecule has 24 heavy (non-hydrogen) atoms. The Labute approximate surface area is 144 Å². The molecule has 4 aliphatic heterocycles. The predicted octanol–water partition coefficient (Wildman–Crippen LogP) is -2.96. The summed E-state index contributed by atoms with van der Waals surface area (Å²) in [5, 5.41) is 24.9. The molecule has 8 nitrogen and oxygen atoms in total. The second-order valence-corrected chi connectivity index (χ2v) is 7.42. The second kappa shape index (κ2) is 7.51. The number of rotatable bonds is 3. The van der Waals surface area contributed by atoms with Gasteiger partial charge in [0.25, 0.3) is 0 Å². The van der Waals surface area contributed by atoms with Gasteiger partial charge in [-0.15, -0.1) is 0 Å². The zero-order valence-corrected chi connectivity index (χ0v) is 14.6. The molecule has 0 saturated carbocycles. The van der Waals surface area contributed by atoms with Crippen LogP contribution in [-0.4, -0.2) is 116 Å². The first-order valence-electron chi connectivity index (χ1n) is 9.63. The van der Waals surface area contributed by atoms with Gasteiger partial charge in [0, 0.05) is 78.5 Å². The molecule has 0 aromatic carbocycles. The second-order valence-electron chi connectivity index (χ2n) is 7.42. The summed E-state index contributed by atoms with van der Waals surface area (Å²) in [5.74, 6) is -0.213. The van der Waals surface area contributed by atoms with E-state index in [1.165, 1.54) is 0 Å². The number of nitrogens with one attached hydrogen (secondary N) is 4. The van der Waals surface area contributed by atoms with Crippen molar-refractivity contribution in [1.29, 1.82) is 0 Å². The van der Waals surface area contributed by atoms with Gasteiger partial charge >= 0.3 is 0 Å². The molecule has 4 saturated heterocycles. The number of likely N-dealkylation sites (tertiary alicyclic amines) is 1. The van der Waals surface area contributed by atoms with Crippen LogP contribution >= 0.6 is 0 Å². The van der Waals surface area contributed by atoms with Gasteiger partial charge in [-0.05, 0) is 6.42 Å². The first kappa shape index (κ1) is 17.1. The number of β-amino-alcohol motifs (C(OH)–C–C–N with tert-alkyl or cyclic N) is 1. The Balaban J connectivity index is 1.65. The largest absolute Gasteiger partial charge is 0.392 e. The van der Waals surface area contributed by atoms with Crippen molar-refractivity contribution < 1.29 is 5.11 Å². The molecule has 4 aliphatic rings. The smallest absolute Gasteiger partial charge is 0.158 e. The number of hydrogen-bond donors (Lipinski definition) is 5. The Morgan fingerprint density at radius 3 is 2.17 bits per heavy atom. The van der Waals surface area contributed by atoms with Crippen molar-refractivity contribution in [1.82, 2.24) is 36.0 Å². The summed E-state index contributed by atoms with van der Waals surface area (Å²) < 4.78 is 0. The van der Waals surface area contributed by atoms with Crippen molar-refractivity contribution in [2.24, 2.45) is 0 Å². The highest BCUT2D eigenvalue weighted by molar-refractivity contribution is 5.04. The first-order chi connectivity index (χ1) is 11.8. The minimum atomic E-state index is -0.213. The Hall–Kier alpha value is -0.320. The molecule has 3 atom stereocenters. The highest BCUT2D eigenvalue weighted by atomic mass is 16.3. The third-order valence-electron chi connectivity index (χ3n) is 5.99. The van der Waals surface area contributed by atoms with Crippen LogP contribution < -0.4 is 21.3 Å². The zero-order chi connectivity index (χ0) is 16.4. The molecule has 0 amide bonds. The van der Waals surface area contributed by atoms with E-state index in [-0.39, 0.29) is 18.1 Å². The Bertz CT molecular complexity index is 406. The third kappa shape index (κ3) is 3.10. The van der Waals surface area contributed by atoms with E-state index in [0.717, 1.165) is 85.0 Å². The molecule has 4 heterocycles. The fourth-order valence-electron chi connectivity index (χ4n) is 4.85. The van der Waals surface area contributed by atoms with Crippen LogP contribution in [0.2, 0.25) is 0 Å². The van der Waals surface area contributed by atoms with E-state index in [9.17, 15) is 5.11 Å². The monoisotopic (exact) mass is 339 g/mol. The SMILES string of the molecule is OC1CCN(C2(N3CCNCC3)NCCNC2N2CCNCC2)C1. The van der Waals surface area contributed by atoms with Gasteiger partial charge in [0.1, 0.15) is 6.17 Å². The zero-order valence-electron chi connectivity index (χ0n) is 14.6. The van der Waals surface area contributed by atoms with E-state index in [0.29, 0.717) is 0 Å². The number of hydrogen-bond acceptors (Lipinski definition) is 8. The maximum absolute atomic E-state index is 10.2. The van der Waals surface area contributed by atoms with Gasteiger partial charge in [-0.3, -0.25) is 25.3 Å². The quantitative estimate of drug-likeness (QED) is 0.373. The maximum atomic E-state index is 10.2. The summed E-state index contributed by atoms with van der Waals surface area (Å²) >= 11 is 0. The van der Waals surface area contributed by atoms with Crippen molar-refractivity contribution in [2.75, 3.05) is 78.5 Å². The van der Waals surface area contributed by atoms with E-state index >= 15 is 0 Å². The lowest BCUT2D eigenvalue weighted by molar-refractivity contribution is -0.158. The molecular formula is C16H33N7O. The molecule has 3 unspecified atom stereocenters. The number of nitrogens with zero attached hydrogens (tertiary/aromatic N) is 3. The average Bonchev–Trinajstić information content (AvgIpc) is 3.10. The fourth-order valence-corrected chi connectivity index (χ4v) is 4.85. The van der Waals surface area contributed by atoms with Gasteiger partial charge in [-0.25, -0.2) is 0 Å². The van der Waals surface area contributed by atoms with Gasteiger partial charge in [0.2, 0.25) is 0 Å². The third-order valence-corrected chi connectivity index (χ3v) is 5.99. The van der Waals surface area contributed by atoms with Gasteiger partial charge in [0.05, 0.1) is 6.10 Å². The highest BCUT2D eigenvalue weighted by Gasteiger charge is 2.53. The van der Waals surface area contributed by atoms with Crippen molar-refractivity contribution in [2.45, 2.75) is 24.5 Å². The molecule has 8 heteroatoms. The molecule has 0 spiro atoms. The summed E-state index contributed by atoms with van der Waals surface area (Å²) in [5.41, 5.74) is 0. The molecule has 4 fully saturated rings. The molecule has 0 aromatic rings. The van der Waals surface area contributed by atoms with Crippen molar-refractivity contribution in [3.8, 4) is 0 Å². The van der Waals surface area contributed by atoms with Gasteiger partial charge < -0.3 is 15.7 Å². The minimum absolute atomic E-state index is 0.197. The fraction of sp³-hybridized carbons (Fsp3) is 1.00. The van der Waals surface area contributed by atoms with E-state index < -0.39 is 0 Å². The highest BCUT2D eigenvalue weighted by Crippen LogP contribution is 2.30. The Kier molecular flexibility index (Phi) is 5.35. The molecule has 0 aliphatic carbocycles. The summed E-state index contributed by atoms with van der Waals surface area (Å²) in [6, 6.07) is 0. The predicted molar refractivity (Wildman–Crippen MR) is 93.6 cm³/mol. The van der Waals surface area contributed by atoms with Crippen LogP contribution in [0.15, 0.2) is 0 Å². The van der Waals surface area contributed by atoms with Crippen LogP contribution in [-0.2, 0) is 0 Å². The molecule has 0 radical (unpaired) electrons. The first-order valence-corrected chi connectivity index (χ1v) is 9.63. The van der Waals surface area contributed by atoms with Crippen molar-refractivity contribution in [3.63, 3.8) is 0 Å². The minimum Gasteiger partial charge on any atom is -0.392 e. The van der Waals surface area contributed by atoms with Crippen LogP contribution in [0.3, 0.4) is 0 Å². The van der Waals surface area contributed by atoms with Crippen LogP contribution in [0, 0.1) is 0 Å². The lowest BCUT2D eigenvalue weighted by atomic mass is 10.1. The van der Waals surface area contributed by atoms with Gasteiger partial charge in [0.15, 0.2) is 5.79 Å². The Morgan fingerprint density at radius 2 is 1.50 bits per heavy atom. The molecule has 0 bridgehead atoms. The number of piperazine rings is 3. The summed E-state index contributed by atoms with van der Waals surface area (Å²) in [7, 11) is 0. The molecule has 4 rings (SSSR count). The van der Waals surface area contributed by atoms with E-state index in [1.54, 1.807) is 0 Å². The summed E-state index contributed by atoms with van der Waals surface area (Å²) in [4.78, 5) is 7.71. The van der Waals surface area contributed by atoms with E-state index in [2.05, 4.69) is 36.0 Å². The number of aliphatic hydroxyl groups is 1. The standard InChI is InChI=1S/C16H33N7O/c24-14-1-8-23(13-14)16(22-11-6-18-7-12-22)15(19-2-3-20-16)21-9-4-17-5-10-21/h14-15,17-20,24H,1-13H2. The molecular weight excluding hydrogens is 306 g/mol. The average molecular weight is 339 g/mol. The molecule has 5 N–H and O–H groups in total. The topological polar surface area (TPSA) is 78.1 Å². The van der Waals surface area contributed by atoms with Crippen molar-refractivity contribution in [3.05, 3.63) is 0 Å². The maximum Gasteiger partial charge on any atom is 0.158 e. The van der Waals surface area contributed by atoms with E-state index in [1.807, 2.05) is 0 Å². The summed E-state index contributed by atoms with van der Waals surface area (Å²) in [6.45, 7) is 12.1. The lowest BCUT2D eigenvalue weighted by Crippen LogP contribution is -2.84. The lowest BCUT2D eigenvalue weighted by Gasteiger charge is -2.59. The Morgan fingerprint density at radius 1 is 0.792 bits per heavy atom. The van der Waals surface area contributed by atoms with Crippen LogP contribution in [0.1, 0.15) is 6.42 Å². The molecule has 138 valence electrons. The van der Waals surface area contributed by atoms with Crippen LogP contribution in [0.4, 0.5) is 0 Å². The van der Waals surface area contributed by atoms with Gasteiger partial charge in [-0.1, -0.05) is 0 Å². The normalized spacial score (nSPS) is 40.9. The van der Waals surface area contributed by atoms with E-state index in [4.69, 9.17) is 0 Å². The van der Waals surface area contributed by atoms with Crippen LogP contribution in [0.25, 0.3) is 0 Å².